The Kier molecular flexibility index (Phi) is 5.18. The van der Waals surface area contributed by atoms with Gasteiger partial charge < -0.3 is 5.32 Å². The molecule has 0 unspecified atom stereocenters. The molecule has 1 aromatic carbocycles. The van der Waals surface area contributed by atoms with E-state index in [-0.39, 0.29) is 11.4 Å². The van der Waals surface area contributed by atoms with Crippen LogP contribution in [0.15, 0.2) is 39.9 Å². The summed E-state index contributed by atoms with van der Waals surface area (Å²) in [5, 5.41) is 17.1. The monoisotopic (exact) mass is 378 g/mol. The summed E-state index contributed by atoms with van der Waals surface area (Å²) in [5.41, 5.74) is 2.77. The summed E-state index contributed by atoms with van der Waals surface area (Å²) in [4.78, 5) is 24.4. The first kappa shape index (κ1) is 19.2. The van der Waals surface area contributed by atoms with Gasteiger partial charge in [0.2, 0.25) is 0 Å². The van der Waals surface area contributed by atoms with Crippen molar-refractivity contribution in [3.05, 3.63) is 79.2 Å². The van der Waals surface area contributed by atoms with Crippen LogP contribution in [0, 0.1) is 25.2 Å². The molecule has 2 aromatic heterocycles. The van der Waals surface area contributed by atoms with Gasteiger partial charge in [-0.3, -0.25) is 18.6 Å². The van der Waals surface area contributed by atoms with Crippen molar-refractivity contribution in [2.45, 2.75) is 26.9 Å². The Morgan fingerprint density at radius 2 is 1.79 bits per heavy atom. The molecule has 2 heterocycles. The molecule has 1 N–H and O–H groups in total. The van der Waals surface area contributed by atoms with E-state index in [0.717, 1.165) is 27.1 Å². The average Bonchev–Trinajstić information content (AvgIpc) is 2.95. The van der Waals surface area contributed by atoms with E-state index in [2.05, 4.69) is 10.4 Å². The minimum absolute atomic E-state index is 0.0865. The molecule has 0 amide bonds. The summed E-state index contributed by atoms with van der Waals surface area (Å²) < 4.78 is 4.13. The van der Waals surface area contributed by atoms with Gasteiger partial charge >= 0.3 is 5.69 Å². The van der Waals surface area contributed by atoms with Gasteiger partial charge in [-0.15, -0.1) is 0 Å². The molecule has 0 saturated heterocycles. The SMILES string of the molecule is Cc1nn(Cc2ccccc2)c(C)c1CNc1c(C#N)c(=O)n(C)c(=O)n1C. The highest BCUT2D eigenvalue weighted by atomic mass is 16.2. The zero-order valence-corrected chi connectivity index (χ0v) is 16.4. The van der Waals surface area contributed by atoms with Crippen LogP contribution in [0.25, 0.3) is 0 Å². The van der Waals surface area contributed by atoms with Crippen molar-refractivity contribution in [2.24, 2.45) is 14.1 Å². The zero-order valence-electron chi connectivity index (χ0n) is 16.4. The smallest absolute Gasteiger partial charge is 0.332 e. The van der Waals surface area contributed by atoms with Gasteiger partial charge in [0.15, 0.2) is 5.56 Å². The Balaban J connectivity index is 1.92. The average molecular weight is 378 g/mol. The summed E-state index contributed by atoms with van der Waals surface area (Å²) in [6.45, 7) is 4.90. The van der Waals surface area contributed by atoms with Gasteiger partial charge in [0.25, 0.3) is 5.56 Å². The fourth-order valence-corrected chi connectivity index (χ4v) is 3.22. The van der Waals surface area contributed by atoms with E-state index < -0.39 is 11.2 Å². The van der Waals surface area contributed by atoms with Crippen LogP contribution in [0.2, 0.25) is 0 Å². The molecule has 0 bridgehead atoms. The molecule has 144 valence electrons. The molecule has 0 aliphatic carbocycles. The van der Waals surface area contributed by atoms with Crippen LogP contribution in [0.3, 0.4) is 0 Å². The molecule has 28 heavy (non-hydrogen) atoms. The number of nitriles is 1. The number of rotatable bonds is 5. The predicted octanol–water partition coefficient (Wildman–Crippen LogP) is 1.43. The number of nitrogens with zero attached hydrogens (tertiary/aromatic N) is 5. The Morgan fingerprint density at radius 3 is 2.43 bits per heavy atom. The summed E-state index contributed by atoms with van der Waals surface area (Å²) in [6, 6.07) is 11.9. The molecule has 0 atom stereocenters. The summed E-state index contributed by atoms with van der Waals surface area (Å²) >= 11 is 0. The van der Waals surface area contributed by atoms with Crippen LogP contribution in [0.4, 0.5) is 5.82 Å². The molecule has 0 radical (unpaired) electrons. The summed E-state index contributed by atoms with van der Waals surface area (Å²) in [5.74, 6) is 0.213. The van der Waals surface area contributed by atoms with Crippen LogP contribution >= 0.6 is 0 Å². The largest absolute Gasteiger partial charge is 0.366 e. The second-order valence-corrected chi connectivity index (χ2v) is 6.69. The minimum atomic E-state index is -0.610. The third-order valence-corrected chi connectivity index (χ3v) is 4.92. The Bertz CT molecular complexity index is 1180. The normalized spacial score (nSPS) is 10.7. The van der Waals surface area contributed by atoms with Crippen LogP contribution in [-0.2, 0) is 27.2 Å². The highest BCUT2D eigenvalue weighted by molar-refractivity contribution is 5.51. The number of hydrogen-bond donors (Lipinski definition) is 1. The molecule has 0 fully saturated rings. The van der Waals surface area contributed by atoms with Crippen LogP contribution in [0.5, 0.6) is 0 Å². The lowest BCUT2D eigenvalue weighted by molar-refractivity contribution is 0.658. The van der Waals surface area contributed by atoms with Crippen LogP contribution in [-0.4, -0.2) is 18.9 Å². The lowest BCUT2D eigenvalue weighted by Crippen LogP contribution is -2.39. The second-order valence-electron chi connectivity index (χ2n) is 6.69. The van der Waals surface area contributed by atoms with Gasteiger partial charge in [0.1, 0.15) is 11.9 Å². The van der Waals surface area contributed by atoms with E-state index in [1.165, 1.54) is 18.7 Å². The van der Waals surface area contributed by atoms with Crippen molar-refractivity contribution in [1.82, 2.24) is 18.9 Å². The van der Waals surface area contributed by atoms with Crippen LogP contribution in [0.1, 0.15) is 28.1 Å². The summed E-state index contributed by atoms with van der Waals surface area (Å²) in [6.07, 6.45) is 0. The first-order valence-electron chi connectivity index (χ1n) is 8.86. The standard InChI is InChI=1S/C20H22N6O2/c1-13-17(14(2)26(23-13)12-15-8-6-5-7-9-15)11-22-18-16(10-21)19(27)25(4)20(28)24(18)3/h5-9,22H,11-12H2,1-4H3. The minimum Gasteiger partial charge on any atom is -0.366 e. The lowest BCUT2D eigenvalue weighted by atomic mass is 10.2. The van der Waals surface area contributed by atoms with Gasteiger partial charge in [-0.1, -0.05) is 30.3 Å². The van der Waals surface area contributed by atoms with Crippen molar-refractivity contribution in [3.63, 3.8) is 0 Å². The number of aromatic nitrogens is 4. The molecule has 8 nitrogen and oxygen atoms in total. The molecule has 0 spiro atoms. The highest BCUT2D eigenvalue weighted by Gasteiger charge is 2.17. The molecule has 0 saturated carbocycles. The fraction of sp³-hybridized carbons (Fsp3) is 0.300. The number of hydrogen-bond acceptors (Lipinski definition) is 5. The topological polar surface area (TPSA) is 97.6 Å². The highest BCUT2D eigenvalue weighted by Crippen LogP contribution is 2.17. The number of benzene rings is 1. The Morgan fingerprint density at radius 1 is 1.11 bits per heavy atom. The van der Waals surface area contributed by atoms with E-state index in [0.29, 0.717) is 13.1 Å². The maximum absolute atomic E-state index is 12.2. The van der Waals surface area contributed by atoms with Crippen molar-refractivity contribution >= 4 is 5.82 Å². The number of anilines is 1. The van der Waals surface area contributed by atoms with E-state index in [9.17, 15) is 14.9 Å². The van der Waals surface area contributed by atoms with Crippen molar-refractivity contribution in [1.29, 1.82) is 5.26 Å². The molecular weight excluding hydrogens is 356 g/mol. The van der Waals surface area contributed by atoms with E-state index in [1.54, 1.807) is 0 Å². The first-order chi connectivity index (χ1) is 13.3. The quantitative estimate of drug-likeness (QED) is 0.724. The fourth-order valence-electron chi connectivity index (χ4n) is 3.22. The summed E-state index contributed by atoms with van der Waals surface area (Å²) in [7, 11) is 2.89. The van der Waals surface area contributed by atoms with Crippen molar-refractivity contribution in [2.75, 3.05) is 5.32 Å². The van der Waals surface area contributed by atoms with Gasteiger partial charge in [0.05, 0.1) is 12.2 Å². The van der Waals surface area contributed by atoms with Crippen molar-refractivity contribution < 1.29 is 0 Å². The maximum Gasteiger partial charge on any atom is 0.332 e. The molecule has 3 rings (SSSR count). The molecule has 3 aromatic rings. The van der Waals surface area contributed by atoms with Gasteiger partial charge in [-0.2, -0.15) is 10.4 Å². The van der Waals surface area contributed by atoms with E-state index in [4.69, 9.17) is 0 Å². The van der Waals surface area contributed by atoms with Gasteiger partial charge in [0, 0.05) is 31.9 Å². The maximum atomic E-state index is 12.2. The first-order valence-corrected chi connectivity index (χ1v) is 8.86. The Hall–Kier alpha value is -3.60. The molecule has 8 heteroatoms. The molecular formula is C20H22N6O2. The van der Waals surface area contributed by atoms with Crippen molar-refractivity contribution in [3.8, 4) is 6.07 Å². The number of aryl methyl sites for hydroxylation is 1. The Labute approximate surface area is 162 Å². The third kappa shape index (κ3) is 3.34. The molecule has 0 aliphatic rings. The van der Waals surface area contributed by atoms with E-state index >= 15 is 0 Å². The van der Waals surface area contributed by atoms with Gasteiger partial charge in [-0.25, -0.2) is 4.79 Å². The third-order valence-electron chi connectivity index (χ3n) is 4.92. The zero-order chi connectivity index (χ0) is 20.4. The number of nitrogens with one attached hydrogen (secondary N) is 1. The van der Waals surface area contributed by atoms with Gasteiger partial charge in [-0.05, 0) is 19.4 Å². The lowest BCUT2D eigenvalue weighted by Gasteiger charge is -2.14. The van der Waals surface area contributed by atoms with E-state index in [1.807, 2.05) is 54.9 Å². The van der Waals surface area contributed by atoms with Crippen LogP contribution < -0.4 is 16.6 Å². The predicted molar refractivity (Wildman–Crippen MR) is 106 cm³/mol. The molecule has 0 aliphatic heterocycles. The second kappa shape index (κ2) is 7.56.